The van der Waals surface area contributed by atoms with Crippen LogP contribution in [-0.4, -0.2) is 0 Å². The van der Waals surface area contributed by atoms with Gasteiger partial charge in [0.15, 0.2) is 0 Å². The molecule has 0 radical (unpaired) electrons. The quantitative estimate of drug-likeness (QED) is 0.773. The third-order valence-electron chi connectivity index (χ3n) is 2.52. The van der Waals surface area contributed by atoms with Crippen LogP contribution >= 0.6 is 34.2 Å². The van der Waals surface area contributed by atoms with Crippen molar-refractivity contribution in [2.45, 2.75) is 13.5 Å². The number of hydrogen-bond acceptors (Lipinski definition) is 1. The highest BCUT2D eigenvalue weighted by molar-refractivity contribution is 14.1. The smallest absolute Gasteiger partial charge is 0.0637 e. The van der Waals surface area contributed by atoms with Gasteiger partial charge in [0.1, 0.15) is 0 Å². The Kier molecular flexibility index (Phi) is 4.29. The van der Waals surface area contributed by atoms with Crippen molar-refractivity contribution in [3.63, 3.8) is 0 Å². The molecule has 0 heterocycles. The molecule has 2 aromatic carbocycles. The summed E-state index contributed by atoms with van der Waals surface area (Å²) in [4.78, 5) is 0. The van der Waals surface area contributed by atoms with Crippen molar-refractivity contribution in [1.82, 2.24) is 0 Å². The highest BCUT2D eigenvalue weighted by Crippen LogP contribution is 2.23. The monoisotopic (exact) mass is 357 g/mol. The number of aryl methyl sites for hydroxylation is 1. The fourth-order valence-electron chi connectivity index (χ4n) is 1.57. The summed E-state index contributed by atoms with van der Waals surface area (Å²) in [5, 5.41) is 4.12. The SMILES string of the molecule is Cc1ccc(Cl)c(NCc2ccc(I)cc2)c1. The van der Waals surface area contributed by atoms with E-state index in [1.165, 1.54) is 14.7 Å². The van der Waals surface area contributed by atoms with Crippen molar-refractivity contribution in [2.75, 3.05) is 5.32 Å². The molecule has 0 aliphatic carbocycles. The zero-order chi connectivity index (χ0) is 12.3. The van der Waals surface area contributed by atoms with Gasteiger partial charge in [-0.2, -0.15) is 0 Å². The molecular formula is C14H13ClIN. The maximum atomic E-state index is 6.12. The normalized spacial score (nSPS) is 10.3. The molecule has 0 amide bonds. The van der Waals surface area contributed by atoms with E-state index in [9.17, 15) is 0 Å². The van der Waals surface area contributed by atoms with E-state index in [2.05, 4.69) is 65.2 Å². The summed E-state index contributed by atoms with van der Waals surface area (Å²) in [5.74, 6) is 0. The van der Waals surface area contributed by atoms with Gasteiger partial charge in [0.25, 0.3) is 0 Å². The first-order chi connectivity index (χ1) is 8.15. The van der Waals surface area contributed by atoms with Crippen LogP contribution in [0.1, 0.15) is 11.1 Å². The second-order valence-corrected chi connectivity index (χ2v) is 5.62. The summed E-state index contributed by atoms with van der Waals surface area (Å²) in [5.41, 5.74) is 3.45. The molecule has 2 rings (SSSR count). The van der Waals surface area contributed by atoms with Gasteiger partial charge in [-0.25, -0.2) is 0 Å². The molecule has 88 valence electrons. The fourth-order valence-corrected chi connectivity index (χ4v) is 2.12. The molecule has 0 unspecified atom stereocenters. The standard InChI is InChI=1S/C14H13ClIN/c1-10-2-7-13(15)14(8-10)17-9-11-3-5-12(16)6-4-11/h2-8,17H,9H2,1H3. The molecule has 0 saturated carbocycles. The van der Waals surface area contributed by atoms with Crippen LogP contribution in [0.15, 0.2) is 42.5 Å². The average molecular weight is 358 g/mol. The molecule has 1 N–H and O–H groups in total. The van der Waals surface area contributed by atoms with E-state index in [4.69, 9.17) is 11.6 Å². The van der Waals surface area contributed by atoms with Crippen LogP contribution < -0.4 is 5.32 Å². The summed E-state index contributed by atoms with van der Waals surface area (Å²) in [7, 11) is 0. The van der Waals surface area contributed by atoms with Gasteiger partial charge in [-0.15, -0.1) is 0 Å². The van der Waals surface area contributed by atoms with Crippen molar-refractivity contribution in [2.24, 2.45) is 0 Å². The van der Waals surface area contributed by atoms with E-state index < -0.39 is 0 Å². The molecule has 0 aromatic heterocycles. The Bertz CT molecular complexity index is 508. The number of hydrogen-bond donors (Lipinski definition) is 1. The van der Waals surface area contributed by atoms with Gasteiger partial charge in [0, 0.05) is 10.1 Å². The largest absolute Gasteiger partial charge is 0.380 e. The van der Waals surface area contributed by atoms with Gasteiger partial charge in [-0.1, -0.05) is 29.8 Å². The Balaban J connectivity index is 2.07. The molecule has 0 fully saturated rings. The summed E-state index contributed by atoms with van der Waals surface area (Å²) in [6, 6.07) is 14.5. The van der Waals surface area contributed by atoms with Crippen LogP contribution in [0.3, 0.4) is 0 Å². The number of benzene rings is 2. The fraction of sp³-hybridized carbons (Fsp3) is 0.143. The molecule has 1 nitrogen and oxygen atoms in total. The lowest BCUT2D eigenvalue weighted by Gasteiger charge is -2.09. The minimum atomic E-state index is 0.765. The molecular weight excluding hydrogens is 345 g/mol. The second-order valence-electron chi connectivity index (χ2n) is 3.96. The molecule has 0 aliphatic rings. The Morgan fingerprint density at radius 1 is 1.12 bits per heavy atom. The predicted octanol–water partition coefficient (Wildman–Crippen LogP) is 4.87. The molecule has 0 bridgehead atoms. The third kappa shape index (κ3) is 3.61. The van der Waals surface area contributed by atoms with Crippen LogP contribution in [0.25, 0.3) is 0 Å². The lowest BCUT2D eigenvalue weighted by atomic mass is 10.2. The maximum absolute atomic E-state index is 6.12. The molecule has 3 heteroatoms. The average Bonchev–Trinajstić information content (AvgIpc) is 2.32. The molecule has 17 heavy (non-hydrogen) atoms. The summed E-state index contributed by atoms with van der Waals surface area (Å²) < 4.78 is 1.25. The number of nitrogens with one attached hydrogen (secondary N) is 1. The van der Waals surface area contributed by atoms with Crippen LogP contribution in [0.5, 0.6) is 0 Å². The van der Waals surface area contributed by atoms with Crippen molar-refractivity contribution < 1.29 is 0 Å². The van der Waals surface area contributed by atoms with Gasteiger partial charge in [0.2, 0.25) is 0 Å². The Hall–Kier alpha value is -0.740. The van der Waals surface area contributed by atoms with Crippen LogP contribution in [-0.2, 0) is 6.54 Å². The van der Waals surface area contributed by atoms with Gasteiger partial charge >= 0.3 is 0 Å². The van der Waals surface area contributed by atoms with E-state index in [-0.39, 0.29) is 0 Å². The van der Waals surface area contributed by atoms with Crippen molar-refractivity contribution in [1.29, 1.82) is 0 Å². The lowest BCUT2D eigenvalue weighted by molar-refractivity contribution is 1.15. The number of rotatable bonds is 3. The Morgan fingerprint density at radius 3 is 2.53 bits per heavy atom. The first kappa shape index (κ1) is 12.7. The van der Waals surface area contributed by atoms with Gasteiger partial charge in [-0.3, -0.25) is 0 Å². The Labute approximate surface area is 120 Å². The molecule has 0 spiro atoms. The van der Waals surface area contributed by atoms with E-state index in [0.29, 0.717) is 0 Å². The first-order valence-corrected chi connectivity index (χ1v) is 6.85. The van der Waals surface area contributed by atoms with Crippen LogP contribution in [0.4, 0.5) is 5.69 Å². The first-order valence-electron chi connectivity index (χ1n) is 5.39. The van der Waals surface area contributed by atoms with E-state index in [0.717, 1.165) is 17.3 Å². The summed E-state index contributed by atoms with van der Waals surface area (Å²) in [6.45, 7) is 2.85. The molecule has 0 saturated heterocycles. The Morgan fingerprint density at radius 2 is 1.82 bits per heavy atom. The van der Waals surface area contributed by atoms with Crippen molar-refractivity contribution >= 4 is 39.9 Å². The zero-order valence-electron chi connectivity index (χ0n) is 9.50. The predicted molar refractivity (Wildman–Crippen MR) is 82.7 cm³/mol. The van der Waals surface area contributed by atoms with Gasteiger partial charge < -0.3 is 5.32 Å². The minimum Gasteiger partial charge on any atom is -0.380 e. The van der Waals surface area contributed by atoms with Crippen LogP contribution in [0, 0.1) is 10.5 Å². The van der Waals surface area contributed by atoms with E-state index >= 15 is 0 Å². The van der Waals surface area contributed by atoms with Crippen LogP contribution in [0.2, 0.25) is 5.02 Å². The summed E-state index contributed by atoms with van der Waals surface area (Å²) >= 11 is 8.43. The highest BCUT2D eigenvalue weighted by atomic mass is 127. The number of halogens is 2. The minimum absolute atomic E-state index is 0.765. The van der Waals surface area contributed by atoms with Gasteiger partial charge in [-0.05, 0) is 64.9 Å². The lowest BCUT2D eigenvalue weighted by Crippen LogP contribution is -2.00. The summed E-state index contributed by atoms with van der Waals surface area (Å²) in [6.07, 6.45) is 0. The van der Waals surface area contributed by atoms with E-state index in [1.807, 2.05) is 12.1 Å². The number of anilines is 1. The van der Waals surface area contributed by atoms with Crippen molar-refractivity contribution in [3.8, 4) is 0 Å². The molecule has 0 aliphatic heterocycles. The highest BCUT2D eigenvalue weighted by Gasteiger charge is 2.00. The second kappa shape index (κ2) is 5.74. The maximum Gasteiger partial charge on any atom is 0.0637 e. The topological polar surface area (TPSA) is 12.0 Å². The van der Waals surface area contributed by atoms with Gasteiger partial charge in [0.05, 0.1) is 10.7 Å². The zero-order valence-corrected chi connectivity index (χ0v) is 12.4. The van der Waals surface area contributed by atoms with E-state index in [1.54, 1.807) is 0 Å². The molecule has 0 atom stereocenters. The molecule has 2 aromatic rings. The van der Waals surface area contributed by atoms with Crippen molar-refractivity contribution in [3.05, 3.63) is 62.2 Å². The third-order valence-corrected chi connectivity index (χ3v) is 3.57.